The van der Waals surface area contributed by atoms with Gasteiger partial charge in [0.25, 0.3) is 5.91 Å². The van der Waals surface area contributed by atoms with E-state index in [9.17, 15) is 4.79 Å². The number of benzene rings is 3. The highest BCUT2D eigenvalue weighted by atomic mass is 32.2. The summed E-state index contributed by atoms with van der Waals surface area (Å²) in [5.41, 5.74) is 4.27. The van der Waals surface area contributed by atoms with Gasteiger partial charge in [-0.05, 0) is 54.1 Å². The maximum atomic E-state index is 13.4. The standard InChI is InChI=1S/C28H21N3O4S2/c1-33-22-10-7-18(8-11-22)15-30-27(32)25(37-28(30)36)14-20-16-31(21-5-3-2-4-6-21)29-26(20)19-9-12-23-24(13-19)35-17-34-23/h2-14,16H,15,17H2,1H3/b25-14-. The highest BCUT2D eigenvalue weighted by Gasteiger charge is 2.32. The third-order valence-electron chi connectivity index (χ3n) is 6.07. The molecule has 7 nitrogen and oxygen atoms in total. The summed E-state index contributed by atoms with van der Waals surface area (Å²) in [5.74, 6) is 2.01. The number of para-hydroxylation sites is 1. The van der Waals surface area contributed by atoms with Crippen LogP contribution in [0.2, 0.25) is 0 Å². The molecule has 0 radical (unpaired) electrons. The van der Waals surface area contributed by atoms with Crippen LogP contribution in [-0.4, -0.2) is 38.8 Å². The van der Waals surface area contributed by atoms with Crippen LogP contribution in [0.25, 0.3) is 23.0 Å². The first-order chi connectivity index (χ1) is 18.1. The van der Waals surface area contributed by atoms with Crippen molar-refractivity contribution in [3.63, 3.8) is 0 Å². The normalized spacial score (nSPS) is 15.6. The monoisotopic (exact) mass is 527 g/mol. The van der Waals surface area contributed by atoms with Crippen LogP contribution in [0.3, 0.4) is 0 Å². The summed E-state index contributed by atoms with van der Waals surface area (Å²) in [6, 6.07) is 23.2. The molecular weight excluding hydrogens is 506 g/mol. The molecule has 4 aromatic rings. The fourth-order valence-electron chi connectivity index (χ4n) is 4.17. The predicted octanol–water partition coefficient (Wildman–Crippen LogP) is 5.68. The van der Waals surface area contributed by atoms with E-state index in [0.717, 1.165) is 33.8 Å². The number of rotatable bonds is 6. The lowest BCUT2D eigenvalue weighted by atomic mass is 10.1. The summed E-state index contributed by atoms with van der Waals surface area (Å²) in [4.78, 5) is 15.6. The lowest BCUT2D eigenvalue weighted by Gasteiger charge is -2.14. The first-order valence-electron chi connectivity index (χ1n) is 11.5. The smallest absolute Gasteiger partial charge is 0.266 e. The average molecular weight is 528 g/mol. The van der Waals surface area contributed by atoms with Gasteiger partial charge < -0.3 is 14.2 Å². The van der Waals surface area contributed by atoms with Crippen LogP contribution in [0, 0.1) is 0 Å². The number of methoxy groups -OCH3 is 1. The van der Waals surface area contributed by atoms with E-state index in [-0.39, 0.29) is 12.7 Å². The Morgan fingerprint density at radius 1 is 1.05 bits per heavy atom. The van der Waals surface area contributed by atoms with Crippen molar-refractivity contribution in [2.75, 3.05) is 13.9 Å². The number of amides is 1. The zero-order chi connectivity index (χ0) is 25.4. The van der Waals surface area contributed by atoms with Crippen LogP contribution in [0.1, 0.15) is 11.1 Å². The summed E-state index contributed by atoms with van der Waals surface area (Å²) < 4.78 is 18.6. The Balaban J connectivity index is 1.35. The number of ether oxygens (including phenoxy) is 3. The summed E-state index contributed by atoms with van der Waals surface area (Å²) in [5, 5.41) is 4.86. The van der Waals surface area contributed by atoms with Gasteiger partial charge in [-0.15, -0.1) is 0 Å². The van der Waals surface area contributed by atoms with Gasteiger partial charge in [0, 0.05) is 17.3 Å². The first-order valence-corrected chi connectivity index (χ1v) is 12.7. The Bertz CT molecular complexity index is 1530. The molecule has 3 aromatic carbocycles. The predicted molar refractivity (Wildman–Crippen MR) is 147 cm³/mol. The molecule has 0 N–H and O–H groups in total. The van der Waals surface area contributed by atoms with Gasteiger partial charge in [0.2, 0.25) is 6.79 Å². The van der Waals surface area contributed by atoms with E-state index in [1.807, 2.05) is 89.8 Å². The third-order valence-corrected chi connectivity index (χ3v) is 7.45. The largest absolute Gasteiger partial charge is 0.497 e. The number of aromatic nitrogens is 2. The summed E-state index contributed by atoms with van der Waals surface area (Å²) >= 11 is 6.87. The van der Waals surface area contributed by atoms with E-state index >= 15 is 0 Å². The maximum absolute atomic E-state index is 13.4. The zero-order valence-corrected chi connectivity index (χ0v) is 21.4. The Hall–Kier alpha value is -4.08. The van der Waals surface area contributed by atoms with E-state index in [1.165, 1.54) is 11.8 Å². The molecule has 1 fully saturated rings. The van der Waals surface area contributed by atoms with Crippen molar-refractivity contribution in [2.24, 2.45) is 0 Å². The molecule has 0 unspecified atom stereocenters. The molecule has 184 valence electrons. The molecule has 6 rings (SSSR count). The molecule has 3 heterocycles. The Labute approximate surface area is 223 Å². The number of carbonyl (C=O) groups is 1. The summed E-state index contributed by atoms with van der Waals surface area (Å²) in [7, 11) is 1.62. The SMILES string of the molecule is COc1ccc(CN2C(=O)/C(=C/c3cn(-c4ccccc4)nc3-c3ccc4c(c3)OCO4)SC2=S)cc1. The van der Waals surface area contributed by atoms with Gasteiger partial charge in [-0.3, -0.25) is 9.69 Å². The van der Waals surface area contributed by atoms with Gasteiger partial charge in [-0.2, -0.15) is 5.10 Å². The third kappa shape index (κ3) is 4.59. The van der Waals surface area contributed by atoms with E-state index in [4.69, 9.17) is 31.5 Å². The number of fused-ring (bicyclic) bond motifs is 1. The fourth-order valence-corrected chi connectivity index (χ4v) is 5.41. The zero-order valence-electron chi connectivity index (χ0n) is 19.8. The molecule has 0 aliphatic carbocycles. The van der Waals surface area contributed by atoms with E-state index in [0.29, 0.717) is 27.3 Å². The van der Waals surface area contributed by atoms with Crippen LogP contribution >= 0.6 is 24.0 Å². The van der Waals surface area contributed by atoms with Gasteiger partial charge >= 0.3 is 0 Å². The minimum atomic E-state index is -0.130. The number of carbonyl (C=O) groups excluding carboxylic acids is 1. The molecule has 0 saturated carbocycles. The van der Waals surface area contributed by atoms with Crippen molar-refractivity contribution in [3.05, 3.63) is 95.0 Å². The molecule has 1 aromatic heterocycles. The fraction of sp³-hybridized carbons (Fsp3) is 0.107. The van der Waals surface area contributed by atoms with Crippen molar-refractivity contribution >= 4 is 40.3 Å². The van der Waals surface area contributed by atoms with Crippen LogP contribution in [0.4, 0.5) is 0 Å². The van der Waals surface area contributed by atoms with Crippen molar-refractivity contribution in [1.82, 2.24) is 14.7 Å². The number of thiocarbonyl (C=S) groups is 1. The van der Waals surface area contributed by atoms with Crippen molar-refractivity contribution < 1.29 is 19.0 Å². The van der Waals surface area contributed by atoms with Gasteiger partial charge in [0.05, 0.1) is 24.2 Å². The molecule has 1 amide bonds. The topological polar surface area (TPSA) is 65.8 Å². The van der Waals surface area contributed by atoms with E-state index in [2.05, 4.69) is 0 Å². The molecule has 0 bridgehead atoms. The molecule has 2 aliphatic heterocycles. The quantitative estimate of drug-likeness (QED) is 0.236. The van der Waals surface area contributed by atoms with E-state index in [1.54, 1.807) is 12.0 Å². The second-order valence-electron chi connectivity index (χ2n) is 8.40. The van der Waals surface area contributed by atoms with Crippen LogP contribution < -0.4 is 14.2 Å². The summed E-state index contributed by atoms with van der Waals surface area (Å²) in [6.07, 6.45) is 3.78. The van der Waals surface area contributed by atoms with Gasteiger partial charge in [0.15, 0.2) is 11.5 Å². The average Bonchev–Trinajstić information content (AvgIpc) is 3.64. The molecular formula is C28H21N3O4S2. The highest BCUT2D eigenvalue weighted by Crippen LogP contribution is 2.39. The highest BCUT2D eigenvalue weighted by molar-refractivity contribution is 8.26. The minimum absolute atomic E-state index is 0.130. The van der Waals surface area contributed by atoms with Crippen molar-refractivity contribution in [1.29, 1.82) is 0 Å². The Kier molecular flexibility index (Phi) is 6.15. The molecule has 0 atom stereocenters. The maximum Gasteiger partial charge on any atom is 0.266 e. The second-order valence-corrected chi connectivity index (χ2v) is 10.1. The Morgan fingerprint density at radius 3 is 2.62 bits per heavy atom. The number of hydrogen-bond acceptors (Lipinski definition) is 7. The minimum Gasteiger partial charge on any atom is -0.497 e. The molecule has 9 heteroatoms. The van der Waals surface area contributed by atoms with Crippen molar-refractivity contribution in [3.8, 4) is 34.2 Å². The molecule has 37 heavy (non-hydrogen) atoms. The second kappa shape index (κ2) is 9.76. The van der Waals surface area contributed by atoms with Gasteiger partial charge in [-0.1, -0.05) is 54.3 Å². The Morgan fingerprint density at radius 2 is 1.84 bits per heavy atom. The van der Waals surface area contributed by atoms with E-state index < -0.39 is 0 Å². The number of thioether (sulfide) groups is 1. The molecule has 2 aliphatic rings. The lowest BCUT2D eigenvalue weighted by molar-refractivity contribution is -0.122. The number of nitrogens with zero attached hydrogens (tertiary/aromatic N) is 3. The van der Waals surface area contributed by atoms with Crippen LogP contribution in [-0.2, 0) is 11.3 Å². The van der Waals surface area contributed by atoms with Crippen LogP contribution in [0.15, 0.2) is 83.9 Å². The molecule has 0 spiro atoms. The molecule has 1 saturated heterocycles. The lowest BCUT2D eigenvalue weighted by Crippen LogP contribution is -2.27. The van der Waals surface area contributed by atoms with Gasteiger partial charge in [-0.25, -0.2) is 4.68 Å². The van der Waals surface area contributed by atoms with Crippen LogP contribution in [0.5, 0.6) is 17.2 Å². The first kappa shape index (κ1) is 23.3. The van der Waals surface area contributed by atoms with Crippen molar-refractivity contribution in [2.45, 2.75) is 6.54 Å². The van der Waals surface area contributed by atoms with Gasteiger partial charge in [0.1, 0.15) is 15.8 Å². The number of hydrogen-bond donors (Lipinski definition) is 0. The summed E-state index contributed by atoms with van der Waals surface area (Å²) in [6.45, 7) is 0.588.